The van der Waals surface area contributed by atoms with Crippen LogP contribution in [0.3, 0.4) is 0 Å². The molecule has 1 aliphatic carbocycles. The summed E-state index contributed by atoms with van der Waals surface area (Å²) >= 11 is 0. The lowest BCUT2D eigenvalue weighted by Crippen LogP contribution is -2.35. The molecular formula is C12H23NO2. The first-order valence-electron chi connectivity index (χ1n) is 6.16. The number of carboxylic acid groups (broad SMARTS) is 1. The predicted molar refractivity (Wildman–Crippen MR) is 60.9 cm³/mol. The molecule has 0 aromatic carbocycles. The summed E-state index contributed by atoms with van der Waals surface area (Å²) in [6, 6.07) is 0.548. The highest BCUT2D eigenvalue weighted by Gasteiger charge is 2.15. The van der Waals surface area contributed by atoms with E-state index in [2.05, 4.69) is 5.32 Å². The molecule has 88 valence electrons. The standard InChI is InChI=1S/C12H23NO2/c1-10(12(14)15)9-13-11-7-5-3-2-4-6-8-11/h10-11,13H,2-9H2,1H3,(H,14,15). The topological polar surface area (TPSA) is 49.3 Å². The van der Waals surface area contributed by atoms with Crippen molar-refractivity contribution in [1.82, 2.24) is 5.32 Å². The zero-order chi connectivity index (χ0) is 11.1. The van der Waals surface area contributed by atoms with Crippen molar-refractivity contribution in [2.75, 3.05) is 6.54 Å². The second-order valence-electron chi connectivity index (χ2n) is 4.69. The minimum absolute atomic E-state index is 0.268. The van der Waals surface area contributed by atoms with Crippen LogP contribution in [-0.2, 0) is 4.79 Å². The third-order valence-electron chi connectivity index (χ3n) is 3.24. The Kier molecular flexibility index (Phi) is 5.69. The van der Waals surface area contributed by atoms with Gasteiger partial charge in [0, 0.05) is 12.6 Å². The first kappa shape index (κ1) is 12.5. The van der Waals surface area contributed by atoms with Crippen LogP contribution >= 0.6 is 0 Å². The van der Waals surface area contributed by atoms with Gasteiger partial charge in [0.1, 0.15) is 0 Å². The maximum absolute atomic E-state index is 10.7. The Morgan fingerprint density at radius 2 is 1.80 bits per heavy atom. The van der Waals surface area contributed by atoms with Gasteiger partial charge in [-0.25, -0.2) is 0 Å². The smallest absolute Gasteiger partial charge is 0.307 e. The number of aliphatic carboxylic acids is 1. The van der Waals surface area contributed by atoms with E-state index in [4.69, 9.17) is 5.11 Å². The Balaban J connectivity index is 2.20. The molecule has 0 saturated heterocycles. The second kappa shape index (κ2) is 6.83. The summed E-state index contributed by atoms with van der Waals surface area (Å²) in [7, 11) is 0. The summed E-state index contributed by atoms with van der Waals surface area (Å²) in [4.78, 5) is 10.7. The van der Waals surface area contributed by atoms with E-state index in [-0.39, 0.29) is 5.92 Å². The Morgan fingerprint density at radius 1 is 1.27 bits per heavy atom. The first-order valence-corrected chi connectivity index (χ1v) is 6.16. The van der Waals surface area contributed by atoms with Crippen LogP contribution in [0, 0.1) is 5.92 Å². The quantitative estimate of drug-likeness (QED) is 0.754. The van der Waals surface area contributed by atoms with Crippen molar-refractivity contribution in [3.05, 3.63) is 0 Å². The third-order valence-corrected chi connectivity index (χ3v) is 3.24. The predicted octanol–water partition coefficient (Wildman–Crippen LogP) is 2.41. The summed E-state index contributed by atoms with van der Waals surface area (Å²) < 4.78 is 0. The number of carbonyl (C=O) groups is 1. The number of nitrogens with one attached hydrogen (secondary N) is 1. The molecular weight excluding hydrogens is 190 g/mol. The normalized spacial score (nSPS) is 21.7. The minimum atomic E-state index is -0.701. The van der Waals surface area contributed by atoms with Crippen LogP contribution in [0.4, 0.5) is 0 Å². The highest BCUT2D eigenvalue weighted by atomic mass is 16.4. The van der Waals surface area contributed by atoms with Gasteiger partial charge in [-0.15, -0.1) is 0 Å². The van der Waals surface area contributed by atoms with Gasteiger partial charge < -0.3 is 10.4 Å². The number of hydrogen-bond donors (Lipinski definition) is 2. The monoisotopic (exact) mass is 213 g/mol. The number of hydrogen-bond acceptors (Lipinski definition) is 2. The van der Waals surface area contributed by atoms with Gasteiger partial charge in [0.2, 0.25) is 0 Å². The Morgan fingerprint density at radius 3 is 2.33 bits per heavy atom. The van der Waals surface area contributed by atoms with Crippen molar-refractivity contribution in [3.63, 3.8) is 0 Å². The molecule has 1 rings (SSSR count). The highest BCUT2D eigenvalue weighted by molar-refractivity contribution is 5.69. The van der Waals surface area contributed by atoms with Crippen molar-refractivity contribution in [1.29, 1.82) is 0 Å². The number of carboxylic acids is 1. The van der Waals surface area contributed by atoms with Crippen molar-refractivity contribution in [3.8, 4) is 0 Å². The zero-order valence-corrected chi connectivity index (χ0v) is 9.67. The molecule has 0 heterocycles. The van der Waals surface area contributed by atoms with Crippen LogP contribution in [0.1, 0.15) is 51.9 Å². The molecule has 3 nitrogen and oxygen atoms in total. The fraction of sp³-hybridized carbons (Fsp3) is 0.917. The lowest BCUT2D eigenvalue weighted by Gasteiger charge is -2.22. The summed E-state index contributed by atoms with van der Waals surface area (Å²) in [5.41, 5.74) is 0. The SMILES string of the molecule is CC(CNC1CCCCCCC1)C(=O)O. The molecule has 1 unspecified atom stereocenters. The lowest BCUT2D eigenvalue weighted by atomic mass is 9.96. The van der Waals surface area contributed by atoms with Crippen molar-refractivity contribution >= 4 is 5.97 Å². The fourth-order valence-electron chi connectivity index (χ4n) is 2.09. The molecule has 1 atom stereocenters. The van der Waals surface area contributed by atoms with E-state index in [0.717, 1.165) is 0 Å². The average Bonchev–Trinajstić information content (AvgIpc) is 2.15. The van der Waals surface area contributed by atoms with Crippen molar-refractivity contribution in [2.45, 2.75) is 57.9 Å². The third kappa shape index (κ3) is 5.17. The molecule has 2 N–H and O–H groups in total. The van der Waals surface area contributed by atoms with Crippen LogP contribution < -0.4 is 5.32 Å². The molecule has 0 aromatic rings. The molecule has 0 aliphatic heterocycles. The van der Waals surface area contributed by atoms with E-state index in [1.807, 2.05) is 0 Å². The molecule has 1 fully saturated rings. The van der Waals surface area contributed by atoms with Crippen molar-refractivity contribution in [2.24, 2.45) is 5.92 Å². The number of rotatable bonds is 4. The summed E-state index contributed by atoms with van der Waals surface area (Å²) in [6.07, 6.45) is 9.06. The first-order chi connectivity index (χ1) is 7.20. The zero-order valence-electron chi connectivity index (χ0n) is 9.67. The fourth-order valence-corrected chi connectivity index (χ4v) is 2.09. The molecule has 0 aromatic heterocycles. The van der Waals surface area contributed by atoms with Crippen LogP contribution in [0.15, 0.2) is 0 Å². The van der Waals surface area contributed by atoms with Gasteiger partial charge in [-0.05, 0) is 12.8 Å². The van der Waals surface area contributed by atoms with Gasteiger partial charge in [-0.1, -0.05) is 39.0 Å². The van der Waals surface area contributed by atoms with E-state index < -0.39 is 5.97 Å². The Hall–Kier alpha value is -0.570. The maximum Gasteiger partial charge on any atom is 0.307 e. The van der Waals surface area contributed by atoms with E-state index >= 15 is 0 Å². The van der Waals surface area contributed by atoms with Crippen LogP contribution in [0.5, 0.6) is 0 Å². The lowest BCUT2D eigenvalue weighted by molar-refractivity contribution is -0.141. The molecule has 0 amide bonds. The van der Waals surface area contributed by atoms with Gasteiger partial charge in [-0.2, -0.15) is 0 Å². The minimum Gasteiger partial charge on any atom is -0.481 e. The summed E-state index contributed by atoms with van der Waals surface area (Å²) in [6.45, 7) is 2.37. The van der Waals surface area contributed by atoms with Crippen LogP contribution in [-0.4, -0.2) is 23.7 Å². The van der Waals surface area contributed by atoms with Gasteiger partial charge in [-0.3, -0.25) is 4.79 Å². The molecule has 1 aliphatic rings. The van der Waals surface area contributed by atoms with E-state index in [1.165, 1.54) is 44.9 Å². The molecule has 0 bridgehead atoms. The van der Waals surface area contributed by atoms with E-state index in [0.29, 0.717) is 12.6 Å². The molecule has 0 radical (unpaired) electrons. The van der Waals surface area contributed by atoms with Gasteiger partial charge >= 0.3 is 5.97 Å². The molecule has 3 heteroatoms. The summed E-state index contributed by atoms with van der Waals surface area (Å²) in [5.74, 6) is -0.969. The summed E-state index contributed by atoms with van der Waals surface area (Å²) in [5, 5.41) is 12.2. The molecule has 1 saturated carbocycles. The molecule has 0 spiro atoms. The highest BCUT2D eigenvalue weighted by Crippen LogP contribution is 2.17. The average molecular weight is 213 g/mol. The van der Waals surface area contributed by atoms with Crippen LogP contribution in [0.25, 0.3) is 0 Å². The maximum atomic E-state index is 10.7. The van der Waals surface area contributed by atoms with Gasteiger partial charge in [0.05, 0.1) is 5.92 Å². The Bertz CT molecular complexity index is 186. The van der Waals surface area contributed by atoms with Gasteiger partial charge in [0.15, 0.2) is 0 Å². The van der Waals surface area contributed by atoms with E-state index in [1.54, 1.807) is 6.92 Å². The largest absolute Gasteiger partial charge is 0.481 e. The molecule has 15 heavy (non-hydrogen) atoms. The van der Waals surface area contributed by atoms with Crippen molar-refractivity contribution < 1.29 is 9.90 Å². The Labute approximate surface area is 92.3 Å². The van der Waals surface area contributed by atoms with Gasteiger partial charge in [0.25, 0.3) is 0 Å². The second-order valence-corrected chi connectivity index (χ2v) is 4.69. The van der Waals surface area contributed by atoms with Crippen LogP contribution in [0.2, 0.25) is 0 Å². The van der Waals surface area contributed by atoms with E-state index in [9.17, 15) is 4.79 Å².